The van der Waals surface area contributed by atoms with Gasteiger partial charge in [-0.2, -0.15) is 0 Å². The van der Waals surface area contributed by atoms with Crippen LogP contribution in [0.25, 0.3) is 22.3 Å². The van der Waals surface area contributed by atoms with Gasteiger partial charge in [0.2, 0.25) is 0 Å². The highest BCUT2D eigenvalue weighted by Gasteiger charge is 2.52. The lowest BCUT2D eigenvalue weighted by atomic mass is 10.0. The predicted molar refractivity (Wildman–Crippen MR) is 220 cm³/mol. The monoisotopic (exact) mass is 970 g/mol. The number of nitrogens with zero attached hydrogens (tertiary/aromatic N) is 8. The van der Waals surface area contributed by atoms with E-state index in [2.05, 4.69) is 29.9 Å². The minimum Gasteiger partial charge on any atom is -0.432 e. The number of rotatable bonds is 20. The Bertz CT molecular complexity index is 2320. The standard InChI is InChI=1S/C33H46F2N10O14P2S2/c1-16(2)55-32(46)51-14-62-60(48,13-50-6)53-8-20-25(22(35)31(58-20)45-12-43-24-27(37)39-10-41-29(24)45)59-61(49,63-15-52-33(47)56-17(3)4)54-7-19-18(5)21(34)30(57-19)44-11-42-23-26(36)38-9-40-28(23)44/h9-12,16-22,25,30-31H,7-8,13-15H2,1-6H3,(H2,36,38,40)(H2,37,39,41)/t18-,19-,20-,21-,22-,25-,30-,31-,60?,61?/m1/s1. The fourth-order valence-corrected chi connectivity index (χ4v) is 11.8. The van der Waals surface area contributed by atoms with Crippen molar-refractivity contribution in [1.82, 2.24) is 39.0 Å². The van der Waals surface area contributed by atoms with Crippen molar-refractivity contribution in [1.29, 1.82) is 0 Å². The second-order valence-electron chi connectivity index (χ2n) is 14.3. The maximum Gasteiger partial charge on any atom is 0.509 e. The number of aromatic nitrogens is 8. The predicted octanol–water partition coefficient (Wildman–Crippen LogP) is 5.77. The van der Waals surface area contributed by atoms with Gasteiger partial charge in [0.25, 0.3) is 6.57 Å². The second-order valence-corrected chi connectivity index (χ2v) is 22.9. The van der Waals surface area contributed by atoms with E-state index in [1.165, 1.54) is 42.1 Å². The highest BCUT2D eigenvalue weighted by molar-refractivity contribution is 8.56. The number of ether oxygens (including phenoxy) is 7. The summed E-state index contributed by atoms with van der Waals surface area (Å²) in [5.74, 6) is -1.99. The van der Waals surface area contributed by atoms with Gasteiger partial charge in [0, 0.05) is 24.4 Å². The Morgan fingerprint density at radius 2 is 1.29 bits per heavy atom. The number of hydrogen-bond acceptors (Lipinski definition) is 24. The summed E-state index contributed by atoms with van der Waals surface area (Å²) in [7, 11) is 1.25. The molecule has 2 aliphatic rings. The van der Waals surface area contributed by atoms with Crippen molar-refractivity contribution in [3.63, 3.8) is 0 Å². The molecule has 4 aromatic heterocycles. The number of hydrogen-bond donors (Lipinski definition) is 2. The minimum atomic E-state index is -4.73. The number of alkyl halides is 2. The molecule has 0 spiro atoms. The SMILES string of the molecule is COCP(=O)(OC[C@H]1O[C@@H](n2cnc3c(N)ncnc32)[C@H](F)[C@@H]1OP(=O)(OC[C@H]1O[C@@H](n2cnc3c(N)ncnc32)[C@H](F)[C@@H]1C)SCOC(=O)OC(C)C)SCOC(=O)OC(C)C. The van der Waals surface area contributed by atoms with Crippen LogP contribution in [0.4, 0.5) is 30.0 Å². The lowest BCUT2D eigenvalue weighted by molar-refractivity contribution is -0.0436. The molecule has 0 amide bonds. The molecule has 2 aliphatic heterocycles. The highest BCUT2D eigenvalue weighted by atomic mass is 32.7. The molecule has 0 aliphatic carbocycles. The average molecular weight is 971 g/mol. The fraction of sp³-hybridized carbons (Fsp3) is 0.636. The zero-order valence-electron chi connectivity index (χ0n) is 34.5. The maximum absolute atomic E-state index is 17.0. The zero-order chi connectivity index (χ0) is 45.6. The smallest absolute Gasteiger partial charge is 0.432 e. The minimum absolute atomic E-state index is 0.0121. The molecule has 6 rings (SSSR count). The van der Waals surface area contributed by atoms with Crippen LogP contribution < -0.4 is 11.5 Å². The van der Waals surface area contributed by atoms with Gasteiger partial charge in [-0.25, -0.2) is 52.8 Å². The first-order valence-electron chi connectivity index (χ1n) is 19.0. The summed E-state index contributed by atoms with van der Waals surface area (Å²) in [5.41, 5.74) is 12.5. The normalized spacial score (nSPS) is 25.7. The maximum atomic E-state index is 17.0. The summed E-state index contributed by atoms with van der Waals surface area (Å²) < 4.78 is 119. The van der Waals surface area contributed by atoms with Gasteiger partial charge in [0.1, 0.15) is 48.2 Å². The molecule has 0 radical (unpaired) electrons. The third kappa shape index (κ3) is 11.6. The molecule has 4 N–H and O–H groups in total. The number of methoxy groups -OCH3 is 1. The lowest BCUT2D eigenvalue weighted by Crippen LogP contribution is -2.34. The lowest BCUT2D eigenvalue weighted by Gasteiger charge is -2.27. The molecule has 0 bridgehead atoms. The Kier molecular flexibility index (Phi) is 16.1. The average Bonchev–Trinajstić information content (AvgIpc) is 3.98. The zero-order valence-corrected chi connectivity index (χ0v) is 38.0. The van der Waals surface area contributed by atoms with Crippen molar-refractivity contribution in [3.05, 3.63) is 25.3 Å². The summed E-state index contributed by atoms with van der Waals surface area (Å²) in [6.45, 7) is -1.99. The van der Waals surface area contributed by atoms with E-state index in [9.17, 15) is 18.7 Å². The van der Waals surface area contributed by atoms with Crippen LogP contribution in [0, 0.1) is 5.92 Å². The highest BCUT2D eigenvalue weighted by Crippen LogP contribution is 2.64. The van der Waals surface area contributed by atoms with Crippen molar-refractivity contribution in [3.8, 4) is 0 Å². The van der Waals surface area contributed by atoms with Gasteiger partial charge in [0.15, 0.2) is 53.7 Å². The van der Waals surface area contributed by atoms with Gasteiger partial charge >= 0.3 is 19.1 Å². The molecule has 6 heterocycles. The Morgan fingerprint density at radius 3 is 1.83 bits per heavy atom. The van der Waals surface area contributed by atoms with Gasteiger partial charge in [-0.15, -0.1) is 0 Å². The van der Waals surface area contributed by atoms with E-state index in [0.717, 1.165) is 6.33 Å². The molecule has 10 atom stereocenters. The Labute approximate surface area is 365 Å². The second kappa shape index (κ2) is 20.9. The summed E-state index contributed by atoms with van der Waals surface area (Å²) in [6.07, 6.45) is -10.1. The number of nitrogens with two attached hydrogens (primary N) is 2. The summed E-state index contributed by atoms with van der Waals surface area (Å²) in [6, 6.07) is 0. The van der Waals surface area contributed by atoms with E-state index in [1.807, 2.05) is 0 Å². The number of carbonyl (C=O) groups excluding carboxylic acids is 2. The van der Waals surface area contributed by atoms with Crippen molar-refractivity contribution in [2.45, 2.75) is 89.9 Å². The van der Waals surface area contributed by atoms with Gasteiger partial charge in [-0.1, -0.05) is 6.92 Å². The number of carbonyl (C=O) groups is 2. The summed E-state index contributed by atoms with van der Waals surface area (Å²) >= 11 is 0.931. The van der Waals surface area contributed by atoms with Crippen LogP contribution in [0.1, 0.15) is 47.1 Å². The van der Waals surface area contributed by atoms with Gasteiger partial charge in [0.05, 0.1) is 44.2 Å². The van der Waals surface area contributed by atoms with Crippen LogP contribution >= 0.6 is 36.1 Å². The molecule has 348 valence electrons. The Balaban J connectivity index is 1.26. The molecule has 24 nitrogen and oxygen atoms in total. The molecule has 63 heavy (non-hydrogen) atoms. The molecular formula is C33H46F2N10O14P2S2. The number of nitrogen functional groups attached to an aromatic ring is 2. The number of halogens is 2. The fourth-order valence-electron chi connectivity index (χ4n) is 6.16. The van der Waals surface area contributed by atoms with Crippen molar-refractivity contribution >= 4 is 82.4 Å². The van der Waals surface area contributed by atoms with Gasteiger partial charge in [-0.3, -0.25) is 22.7 Å². The van der Waals surface area contributed by atoms with Gasteiger partial charge < -0.3 is 49.1 Å². The molecule has 0 aromatic carbocycles. The van der Waals surface area contributed by atoms with Crippen LogP contribution in [0.2, 0.25) is 0 Å². The molecule has 30 heteroatoms. The molecule has 2 unspecified atom stereocenters. The molecule has 2 fully saturated rings. The van der Waals surface area contributed by atoms with Crippen LogP contribution in [0.15, 0.2) is 25.3 Å². The van der Waals surface area contributed by atoms with E-state index in [-0.39, 0.29) is 34.0 Å². The summed E-state index contributed by atoms with van der Waals surface area (Å²) in [4.78, 5) is 48.7. The van der Waals surface area contributed by atoms with E-state index >= 15 is 8.78 Å². The van der Waals surface area contributed by atoms with E-state index in [0.29, 0.717) is 22.8 Å². The number of fused-ring (bicyclic) bond motifs is 2. The number of imidazole rings is 2. The molecule has 4 aromatic rings. The molecule has 0 saturated carbocycles. The van der Waals surface area contributed by atoms with Crippen molar-refractivity contribution in [2.75, 3.05) is 50.0 Å². The molecule has 2 saturated heterocycles. The Morgan fingerprint density at radius 1 is 0.778 bits per heavy atom. The van der Waals surface area contributed by atoms with Gasteiger partial charge in [-0.05, 0) is 39.1 Å². The summed E-state index contributed by atoms with van der Waals surface area (Å²) in [5, 5.41) is 0. The van der Waals surface area contributed by atoms with E-state index in [4.69, 9.17) is 58.2 Å². The quantitative estimate of drug-likeness (QED) is 0.0603. The van der Waals surface area contributed by atoms with Crippen molar-refractivity contribution in [2.24, 2.45) is 5.92 Å². The van der Waals surface area contributed by atoms with E-state index < -0.39 is 118 Å². The first-order valence-corrected chi connectivity index (χ1v) is 25.5. The van der Waals surface area contributed by atoms with Crippen LogP contribution in [-0.4, -0.2) is 133 Å². The van der Waals surface area contributed by atoms with E-state index in [1.54, 1.807) is 27.7 Å². The molecular weight excluding hydrogens is 924 g/mol. The first kappa shape index (κ1) is 48.5. The Hall–Kier alpha value is -3.98. The van der Waals surface area contributed by atoms with Crippen molar-refractivity contribution < 1.29 is 74.2 Å². The van der Waals surface area contributed by atoms with Crippen LogP contribution in [-0.2, 0) is 55.9 Å². The largest absolute Gasteiger partial charge is 0.509 e. The third-order valence-electron chi connectivity index (χ3n) is 9.11. The number of anilines is 2. The third-order valence-corrected chi connectivity index (χ3v) is 16.3. The van der Waals surface area contributed by atoms with Crippen LogP contribution in [0.5, 0.6) is 0 Å². The first-order chi connectivity index (χ1) is 29.9. The van der Waals surface area contributed by atoms with Crippen LogP contribution in [0.3, 0.4) is 0 Å². The topological polar surface area (TPSA) is 300 Å².